The van der Waals surface area contributed by atoms with Crippen molar-refractivity contribution in [1.29, 1.82) is 0 Å². The molecule has 0 aliphatic carbocycles. The summed E-state index contributed by atoms with van der Waals surface area (Å²) in [6.07, 6.45) is 5.54. The van der Waals surface area contributed by atoms with Crippen molar-refractivity contribution < 1.29 is 9.21 Å². The maximum Gasteiger partial charge on any atom is 0.287 e. The predicted molar refractivity (Wildman–Crippen MR) is 128 cm³/mol. The topological polar surface area (TPSA) is 63.3 Å². The minimum Gasteiger partial charge on any atom is -0.459 e. The Bertz CT molecular complexity index is 1210. The van der Waals surface area contributed by atoms with E-state index in [4.69, 9.17) is 9.52 Å². The van der Waals surface area contributed by atoms with Gasteiger partial charge in [0.2, 0.25) is 0 Å². The highest BCUT2D eigenvalue weighted by molar-refractivity contribution is 5.93. The van der Waals surface area contributed by atoms with Gasteiger partial charge in [-0.3, -0.25) is 9.69 Å². The van der Waals surface area contributed by atoms with Crippen molar-refractivity contribution in [1.82, 2.24) is 20.0 Å². The smallest absolute Gasteiger partial charge is 0.287 e. The highest BCUT2D eigenvalue weighted by atomic mass is 16.3. The Morgan fingerprint density at radius 3 is 2.39 bits per heavy atom. The first-order chi connectivity index (χ1) is 16.2. The molecular weight excluding hydrogens is 412 g/mol. The number of hydrogen-bond donors (Lipinski definition) is 1. The van der Waals surface area contributed by atoms with Crippen molar-refractivity contribution in [3.8, 4) is 16.9 Å². The fourth-order valence-electron chi connectivity index (χ4n) is 4.41. The van der Waals surface area contributed by atoms with Gasteiger partial charge in [0.15, 0.2) is 5.76 Å². The van der Waals surface area contributed by atoms with Gasteiger partial charge in [0.1, 0.15) is 0 Å². The molecule has 33 heavy (non-hydrogen) atoms. The van der Waals surface area contributed by atoms with Crippen molar-refractivity contribution in [2.75, 3.05) is 13.1 Å². The summed E-state index contributed by atoms with van der Waals surface area (Å²) in [5.41, 5.74) is 5.27. The van der Waals surface area contributed by atoms with Crippen molar-refractivity contribution in [3.05, 3.63) is 96.1 Å². The lowest BCUT2D eigenvalue weighted by Gasteiger charge is -2.32. The predicted octanol–water partition coefficient (Wildman–Crippen LogP) is 4.84. The molecule has 0 radical (unpaired) electrons. The summed E-state index contributed by atoms with van der Waals surface area (Å²) in [7, 11) is 0. The third-order valence-corrected chi connectivity index (χ3v) is 6.24. The molecule has 1 N–H and O–H groups in total. The normalized spacial score (nSPS) is 14.9. The van der Waals surface area contributed by atoms with Gasteiger partial charge in [-0.1, -0.05) is 48.5 Å². The molecule has 5 rings (SSSR count). The molecule has 0 saturated carbocycles. The first-order valence-corrected chi connectivity index (χ1v) is 11.4. The van der Waals surface area contributed by atoms with Crippen LogP contribution in [0.25, 0.3) is 16.9 Å². The number of benzene rings is 2. The second-order valence-corrected chi connectivity index (χ2v) is 8.61. The van der Waals surface area contributed by atoms with Gasteiger partial charge in [-0.25, -0.2) is 4.68 Å². The Morgan fingerprint density at radius 2 is 1.73 bits per heavy atom. The fraction of sp³-hybridized carbons (Fsp3) is 0.259. The van der Waals surface area contributed by atoms with E-state index in [2.05, 4.69) is 52.8 Å². The summed E-state index contributed by atoms with van der Waals surface area (Å²) in [6.45, 7) is 4.57. The number of carbonyl (C=O) groups excluding carboxylic acids is 1. The minimum absolute atomic E-state index is 0.119. The number of aromatic nitrogens is 2. The summed E-state index contributed by atoms with van der Waals surface area (Å²) < 4.78 is 7.30. The van der Waals surface area contributed by atoms with Gasteiger partial charge < -0.3 is 9.73 Å². The number of para-hydroxylation sites is 1. The maximum atomic E-state index is 12.5. The van der Waals surface area contributed by atoms with E-state index in [0.29, 0.717) is 5.76 Å². The molecule has 2 aromatic heterocycles. The van der Waals surface area contributed by atoms with Gasteiger partial charge in [-0.15, -0.1) is 0 Å². The second kappa shape index (κ2) is 9.46. The number of hydrogen-bond acceptors (Lipinski definition) is 4. The Balaban J connectivity index is 1.28. The van der Waals surface area contributed by atoms with Crippen LogP contribution in [-0.4, -0.2) is 39.7 Å². The SMILES string of the molecule is Cc1ccoc1C(=O)NC1CCN(Cc2cn(-c3ccccc3)nc2-c2ccccc2)CC1. The van der Waals surface area contributed by atoms with E-state index in [-0.39, 0.29) is 11.9 Å². The molecule has 1 saturated heterocycles. The number of piperidine rings is 1. The Labute approximate surface area is 193 Å². The van der Waals surface area contributed by atoms with E-state index in [0.717, 1.165) is 55.0 Å². The molecule has 0 bridgehead atoms. The fourth-order valence-corrected chi connectivity index (χ4v) is 4.41. The van der Waals surface area contributed by atoms with Crippen LogP contribution in [-0.2, 0) is 6.54 Å². The van der Waals surface area contributed by atoms with Crippen LogP contribution in [0.5, 0.6) is 0 Å². The molecule has 2 aromatic carbocycles. The Morgan fingerprint density at radius 1 is 1.03 bits per heavy atom. The monoisotopic (exact) mass is 440 g/mol. The quantitative estimate of drug-likeness (QED) is 0.466. The van der Waals surface area contributed by atoms with E-state index in [1.807, 2.05) is 41.9 Å². The summed E-state index contributed by atoms with van der Waals surface area (Å²) in [6, 6.07) is 22.6. The molecule has 1 aliphatic heterocycles. The summed E-state index contributed by atoms with van der Waals surface area (Å²) >= 11 is 0. The standard InChI is InChI=1S/C27H28N4O2/c1-20-14-17-33-26(20)27(32)28-23-12-15-30(16-13-23)18-22-19-31(24-10-6-3-7-11-24)29-25(22)21-8-4-2-5-9-21/h2-11,14,17,19,23H,12-13,15-16,18H2,1H3,(H,28,32). The largest absolute Gasteiger partial charge is 0.459 e. The zero-order chi connectivity index (χ0) is 22.6. The average Bonchev–Trinajstić information content (AvgIpc) is 3.48. The summed E-state index contributed by atoms with van der Waals surface area (Å²) in [5, 5.41) is 8.06. The van der Waals surface area contributed by atoms with Crippen LogP contribution in [0.2, 0.25) is 0 Å². The summed E-state index contributed by atoms with van der Waals surface area (Å²) in [5.74, 6) is 0.296. The van der Waals surface area contributed by atoms with Crippen LogP contribution in [0.4, 0.5) is 0 Å². The number of likely N-dealkylation sites (tertiary alicyclic amines) is 1. The molecule has 0 unspecified atom stereocenters. The van der Waals surface area contributed by atoms with Crippen LogP contribution in [0, 0.1) is 6.92 Å². The number of aryl methyl sites for hydroxylation is 1. The van der Waals surface area contributed by atoms with Crippen LogP contribution in [0.3, 0.4) is 0 Å². The van der Waals surface area contributed by atoms with Crippen molar-refractivity contribution in [2.45, 2.75) is 32.4 Å². The van der Waals surface area contributed by atoms with Gasteiger partial charge in [0.05, 0.1) is 17.6 Å². The molecule has 6 heteroatoms. The zero-order valence-corrected chi connectivity index (χ0v) is 18.8. The van der Waals surface area contributed by atoms with Crippen LogP contribution >= 0.6 is 0 Å². The van der Waals surface area contributed by atoms with Crippen LogP contribution in [0.15, 0.2) is 83.6 Å². The van der Waals surface area contributed by atoms with E-state index in [1.54, 1.807) is 6.26 Å². The van der Waals surface area contributed by atoms with Crippen LogP contribution < -0.4 is 5.32 Å². The Kier molecular flexibility index (Phi) is 6.09. The highest BCUT2D eigenvalue weighted by Crippen LogP contribution is 2.26. The van der Waals surface area contributed by atoms with Gasteiger partial charge in [-0.2, -0.15) is 5.10 Å². The molecule has 1 aliphatic rings. The first-order valence-electron chi connectivity index (χ1n) is 11.4. The number of nitrogens with one attached hydrogen (secondary N) is 1. The lowest BCUT2D eigenvalue weighted by molar-refractivity contribution is 0.0880. The van der Waals surface area contributed by atoms with Gasteiger partial charge in [-0.05, 0) is 38.0 Å². The van der Waals surface area contributed by atoms with E-state index in [1.165, 1.54) is 5.56 Å². The number of nitrogens with zero attached hydrogens (tertiary/aromatic N) is 3. The number of furan rings is 1. The van der Waals surface area contributed by atoms with E-state index < -0.39 is 0 Å². The van der Waals surface area contributed by atoms with Gasteiger partial charge in [0, 0.05) is 48.6 Å². The average molecular weight is 441 g/mol. The lowest BCUT2D eigenvalue weighted by Crippen LogP contribution is -2.44. The minimum atomic E-state index is -0.119. The molecule has 4 aromatic rings. The molecular formula is C27H28N4O2. The van der Waals surface area contributed by atoms with E-state index in [9.17, 15) is 4.79 Å². The van der Waals surface area contributed by atoms with E-state index >= 15 is 0 Å². The number of amides is 1. The molecule has 0 atom stereocenters. The number of carbonyl (C=O) groups is 1. The molecule has 1 fully saturated rings. The molecule has 168 valence electrons. The molecule has 0 spiro atoms. The summed E-state index contributed by atoms with van der Waals surface area (Å²) in [4.78, 5) is 14.9. The highest BCUT2D eigenvalue weighted by Gasteiger charge is 2.24. The Hall–Kier alpha value is -3.64. The first kappa shape index (κ1) is 21.2. The molecule has 6 nitrogen and oxygen atoms in total. The van der Waals surface area contributed by atoms with Crippen molar-refractivity contribution in [2.24, 2.45) is 0 Å². The maximum absolute atomic E-state index is 12.5. The second-order valence-electron chi connectivity index (χ2n) is 8.61. The molecule has 3 heterocycles. The molecule has 1 amide bonds. The van der Waals surface area contributed by atoms with Crippen molar-refractivity contribution in [3.63, 3.8) is 0 Å². The third kappa shape index (κ3) is 4.76. The van der Waals surface area contributed by atoms with Crippen LogP contribution in [0.1, 0.15) is 34.5 Å². The number of rotatable bonds is 6. The van der Waals surface area contributed by atoms with Crippen molar-refractivity contribution >= 4 is 5.91 Å². The third-order valence-electron chi connectivity index (χ3n) is 6.24. The van der Waals surface area contributed by atoms with Gasteiger partial charge >= 0.3 is 0 Å². The van der Waals surface area contributed by atoms with Gasteiger partial charge in [0.25, 0.3) is 5.91 Å². The lowest BCUT2D eigenvalue weighted by atomic mass is 10.0. The zero-order valence-electron chi connectivity index (χ0n) is 18.8.